The number of para-hydroxylation sites is 1. The van der Waals surface area contributed by atoms with Crippen LogP contribution in [0.1, 0.15) is 18.1 Å². The molecule has 1 aromatic carbocycles. The summed E-state index contributed by atoms with van der Waals surface area (Å²) in [6, 6.07) is 10.0. The first-order valence-electron chi connectivity index (χ1n) is 5.90. The molecule has 0 amide bonds. The lowest BCUT2D eigenvalue weighted by Crippen LogP contribution is -2.05. The van der Waals surface area contributed by atoms with E-state index in [-0.39, 0.29) is 0 Å². The van der Waals surface area contributed by atoms with Crippen LogP contribution in [0.25, 0.3) is 5.69 Å². The lowest BCUT2D eigenvalue weighted by Gasteiger charge is -2.08. The Balaban J connectivity index is 2.28. The van der Waals surface area contributed by atoms with Crippen LogP contribution >= 0.6 is 11.6 Å². The maximum Gasteiger partial charge on any atom is 0.152 e. The van der Waals surface area contributed by atoms with Gasteiger partial charge in [0.15, 0.2) is 5.82 Å². The first-order valence-corrected chi connectivity index (χ1v) is 6.43. The van der Waals surface area contributed by atoms with E-state index >= 15 is 0 Å². The van der Waals surface area contributed by atoms with Gasteiger partial charge in [0.2, 0.25) is 0 Å². The van der Waals surface area contributed by atoms with Crippen LogP contribution < -0.4 is 0 Å². The Hall–Kier alpha value is -1.39. The third kappa shape index (κ3) is 2.89. The second kappa shape index (κ2) is 6.52. The summed E-state index contributed by atoms with van der Waals surface area (Å²) >= 11 is 5.91. The summed E-state index contributed by atoms with van der Waals surface area (Å²) in [5.41, 5.74) is 1.05. The Labute approximate surface area is 112 Å². The van der Waals surface area contributed by atoms with Gasteiger partial charge in [0.25, 0.3) is 0 Å². The summed E-state index contributed by atoms with van der Waals surface area (Å²) in [4.78, 5) is 0. The number of hydrogen-bond donors (Lipinski definition) is 0. The van der Waals surface area contributed by atoms with Gasteiger partial charge in [-0.15, -0.1) is 21.8 Å². The molecule has 1 heterocycles. The summed E-state index contributed by atoms with van der Waals surface area (Å²) in [5.74, 6) is 2.05. The zero-order chi connectivity index (χ0) is 12.8. The van der Waals surface area contributed by atoms with Gasteiger partial charge in [-0.1, -0.05) is 18.2 Å². The van der Waals surface area contributed by atoms with Crippen molar-refractivity contribution in [2.24, 2.45) is 0 Å². The Morgan fingerprint density at radius 1 is 1.17 bits per heavy atom. The number of aromatic nitrogens is 3. The molecule has 0 aliphatic heterocycles. The van der Waals surface area contributed by atoms with E-state index in [2.05, 4.69) is 10.2 Å². The van der Waals surface area contributed by atoms with Gasteiger partial charge in [0.05, 0.1) is 5.88 Å². The maximum atomic E-state index is 5.91. The van der Waals surface area contributed by atoms with Crippen LogP contribution in [0.2, 0.25) is 0 Å². The zero-order valence-corrected chi connectivity index (χ0v) is 11.1. The highest BCUT2D eigenvalue weighted by molar-refractivity contribution is 6.16. The third-order valence-electron chi connectivity index (χ3n) is 2.68. The predicted octanol–water partition coefficient (Wildman–Crippen LogP) is 2.59. The van der Waals surface area contributed by atoms with Crippen molar-refractivity contribution < 1.29 is 4.74 Å². The Kier molecular flexibility index (Phi) is 4.73. The molecular formula is C13H16ClN3O. The predicted molar refractivity (Wildman–Crippen MR) is 71.1 cm³/mol. The van der Waals surface area contributed by atoms with Gasteiger partial charge in [-0.3, -0.25) is 4.57 Å². The van der Waals surface area contributed by atoms with Crippen molar-refractivity contribution in [2.75, 3.05) is 13.7 Å². The van der Waals surface area contributed by atoms with E-state index in [1.165, 1.54) is 0 Å². The number of benzene rings is 1. The van der Waals surface area contributed by atoms with Crippen molar-refractivity contribution in [1.29, 1.82) is 0 Å². The fraction of sp³-hybridized carbons (Fsp3) is 0.385. The summed E-state index contributed by atoms with van der Waals surface area (Å²) in [6.45, 7) is 0.720. The molecule has 0 atom stereocenters. The molecule has 0 radical (unpaired) electrons. The molecule has 0 aliphatic carbocycles. The summed E-state index contributed by atoms with van der Waals surface area (Å²) in [7, 11) is 1.70. The first kappa shape index (κ1) is 13.1. The second-order valence-corrected chi connectivity index (χ2v) is 4.20. The standard InChI is InChI=1S/C13H16ClN3O/c1-18-9-5-8-12-15-16-13(10-14)17(12)11-6-3-2-4-7-11/h2-4,6-7H,5,8-10H2,1H3. The molecule has 1 aromatic heterocycles. The number of alkyl halides is 1. The molecule has 4 nitrogen and oxygen atoms in total. The molecule has 2 aromatic rings. The number of aryl methyl sites for hydroxylation is 1. The average molecular weight is 266 g/mol. The molecule has 0 unspecified atom stereocenters. The Morgan fingerprint density at radius 3 is 2.56 bits per heavy atom. The molecule has 0 saturated carbocycles. The minimum Gasteiger partial charge on any atom is -0.385 e. The molecule has 0 bridgehead atoms. The van der Waals surface area contributed by atoms with Crippen molar-refractivity contribution in [1.82, 2.24) is 14.8 Å². The summed E-state index contributed by atoms with van der Waals surface area (Å²) in [6.07, 6.45) is 1.75. The second-order valence-electron chi connectivity index (χ2n) is 3.93. The number of halogens is 1. The van der Waals surface area contributed by atoms with E-state index in [1.54, 1.807) is 7.11 Å². The van der Waals surface area contributed by atoms with Crippen LogP contribution in [0.5, 0.6) is 0 Å². The van der Waals surface area contributed by atoms with Crippen molar-refractivity contribution >= 4 is 11.6 Å². The number of rotatable bonds is 6. The number of hydrogen-bond acceptors (Lipinski definition) is 3. The zero-order valence-electron chi connectivity index (χ0n) is 10.3. The molecule has 96 valence electrons. The van der Waals surface area contributed by atoms with Crippen molar-refractivity contribution in [3.63, 3.8) is 0 Å². The number of methoxy groups -OCH3 is 1. The molecule has 18 heavy (non-hydrogen) atoms. The Morgan fingerprint density at radius 2 is 1.89 bits per heavy atom. The van der Waals surface area contributed by atoms with E-state index in [0.717, 1.165) is 36.8 Å². The van der Waals surface area contributed by atoms with Gasteiger partial charge in [-0.2, -0.15) is 0 Å². The molecule has 5 heteroatoms. The van der Waals surface area contributed by atoms with Crippen LogP contribution in [0.15, 0.2) is 30.3 Å². The fourth-order valence-electron chi connectivity index (χ4n) is 1.85. The van der Waals surface area contributed by atoms with Gasteiger partial charge < -0.3 is 4.74 Å². The smallest absolute Gasteiger partial charge is 0.152 e. The quantitative estimate of drug-likeness (QED) is 0.595. The van der Waals surface area contributed by atoms with Crippen LogP contribution in [0.4, 0.5) is 0 Å². The van der Waals surface area contributed by atoms with Gasteiger partial charge in [-0.25, -0.2) is 0 Å². The molecule has 0 N–H and O–H groups in total. The Bertz CT molecular complexity index is 484. The van der Waals surface area contributed by atoms with Crippen LogP contribution in [0, 0.1) is 0 Å². The van der Waals surface area contributed by atoms with Crippen LogP contribution in [-0.2, 0) is 17.0 Å². The van der Waals surface area contributed by atoms with Crippen molar-refractivity contribution in [3.8, 4) is 5.69 Å². The van der Waals surface area contributed by atoms with E-state index in [9.17, 15) is 0 Å². The topological polar surface area (TPSA) is 39.9 Å². The van der Waals surface area contributed by atoms with E-state index < -0.39 is 0 Å². The minimum atomic E-state index is 0.353. The molecule has 0 aliphatic rings. The lowest BCUT2D eigenvalue weighted by atomic mass is 10.2. The molecule has 2 rings (SSSR count). The SMILES string of the molecule is COCCCc1nnc(CCl)n1-c1ccccc1. The van der Waals surface area contributed by atoms with Gasteiger partial charge in [0.1, 0.15) is 5.82 Å². The normalized spacial score (nSPS) is 10.8. The number of ether oxygens (including phenoxy) is 1. The van der Waals surface area contributed by atoms with Crippen molar-refractivity contribution in [2.45, 2.75) is 18.7 Å². The van der Waals surface area contributed by atoms with Gasteiger partial charge in [-0.05, 0) is 18.6 Å². The largest absolute Gasteiger partial charge is 0.385 e. The van der Waals surface area contributed by atoms with Crippen molar-refractivity contribution in [3.05, 3.63) is 42.0 Å². The monoisotopic (exact) mass is 265 g/mol. The molecule has 0 spiro atoms. The average Bonchev–Trinajstić information content (AvgIpc) is 2.83. The molecular weight excluding hydrogens is 250 g/mol. The van der Waals surface area contributed by atoms with Crippen LogP contribution in [0.3, 0.4) is 0 Å². The molecule has 0 saturated heterocycles. The summed E-state index contributed by atoms with van der Waals surface area (Å²) in [5, 5.41) is 8.34. The van der Waals surface area contributed by atoms with Crippen LogP contribution in [-0.4, -0.2) is 28.5 Å². The van der Waals surface area contributed by atoms with E-state index in [0.29, 0.717) is 5.88 Å². The highest BCUT2D eigenvalue weighted by atomic mass is 35.5. The maximum absolute atomic E-state index is 5.91. The fourth-order valence-corrected chi connectivity index (χ4v) is 2.02. The highest BCUT2D eigenvalue weighted by Crippen LogP contribution is 2.15. The third-order valence-corrected chi connectivity index (χ3v) is 2.92. The van der Waals surface area contributed by atoms with Gasteiger partial charge in [0, 0.05) is 25.8 Å². The minimum absolute atomic E-state index is 0.353. The summed E-state index contributed by atoms with van der Waals surface area (Å²) < 4.78 is 7.08. The van der Waals surface area contributed by atoms with Gasteiger partial charge >= 0.3 is 0 Å². The lowest BCUT2D eigenvalue weighted by molar-refractivity contribution is 0.194. The molecule has 0 fully saturated rings. The first-order chi connectivity index (χ1) is 8.86. The van der Waals surface area contributed by atoms with E-state index in [4.69, 9.17) is 16.3 Å². The number of nitrogens with zero attached hydrogens (tertiary/aromatic N) is 3. The van der Waals surface area contributed by atoms with E-state index in [1.807, 2.05) is 34.9 Å². The highest BCUT2D eigenvalue weighted by Gasteiger charge is 2.12.